The Balaban J connectivity index is 2.64. The Morgan fingerprint density at radius 2 is 1.86 bits per heavy atom. The number of hydrogen-bond acceptors (Lipinski definition) is 10. The Labute approximate surface area is 252 Å². The largest absolute Gasteiger partial charge is 0.439 e. The number of aliphatic hydroxyl groups excluding tert-OH is 2. The highest BCUT2D eigenvalue weighted by atomic mass is 16.6. The van der Waals surface area contributed by atoms with E-state index in [1.165, 1.54) is 33.3 Å². The van der Waals surface area contributed by atoms with Gasteiger partial charge >= 0.3 is 6.09 Å². The quantitative estimate of drug-likeness (QED) is 0.221. The fourth-order valence-electron chi connectivity index (χ4n) is 5.03. The minimum absolute atomic E-state index is 0.0602. The summed E-state index contributed by atoms with van der Waals surface area (Å²) in [5, 5.41) is 26.3. The van der Waals surface area contributed by atoms with Crippen LogP contribution in [0.25, 0.3) is 0 Å². The number of amides is 2. The van der Waals surface area contributed by atoms with Crippen LogP contribution in [0.2, 0.25) is 0 Å². The van der Waals surface area contributed by atoms with Crippen molar-refractivity contribution in [2.45, 2.75) is 77.9 Å². The van der Waals surface area contributed by atoms with Crippen LogP contribution in [0.3, 0.4) is 0 Å². The van der Waals surface area contributed by atoms with Crippen LogP contribution >= 0.6 is 0 Å². The molecule has 0 aromatic carbocycles. The molecule has 7 atom stereocenters. The Kier molecular flexibility index (Phi) is 13.5. The summed E-state index contributed by atoms with van der Waals surface area (Å²) in [6.45, 7) is 8.31. The highest BCUT2D eigenvalue weighted by Crippen LogP contribution is 2.29. The minimum Gasteiger partial charge on any atom is -0.439 e. The minimum atomic E-state index is -1.01. The molecule has 0 aromatic rings. The molecule has 2 amide bonds. The lowest BCUT2D eigenvalue weighted by molar-refractivity contribution is -0.120. The highest BCUT2D eigenvalue weighted by molar-refractivity contribution is 6.23. The lowest BCUT2D eigenvalue weighted by atomic mass is 9.85. The summed E-state index contributed by atoms with van der Waals surface area (Å²) in [4.78, 5) is 51.5. The summed E-state index contributed by atoms with van der Waals surface area (Å²) in [7, 11) is 2.90. The maximum absolute atomic E-state index is 13.6. The zero-order valence-electron chi connectivity index (χ0n) is 25.9. The van der Waals surface area contributed by atoms with Crippen molar-refractivity contribution in [1.29, 1.82) is 0 Å². The fraction of sp³-hybridized carbons (Fsp3) is 0.548. The molecule has 12 heteroatoms. The summed E-state index contributed by atoms with van der Waals surface area (Å²) < 4.78 is 16.5. The van der Waals surface area contributed by atoms with E-state index in [9.17, 15) is 29.4 Å². The average molecular weight is 604 g/mol. The topological polar surface area (TPSA) is 187 Å². The van der Waals surface area contributed by atoms with Gasteiger partial charge in [0.15, 0.2) is 6.10 Å². The van der Waals surface area contributed by atoms with Crippen molar-refractivity contribution in [3.05, 3.63) is 58.5 Å². The van der Waals surface area contributed by atoms with Crippen LogP contribution in [-0.2, 0) is 28.6 Å². The van der Waals surface area contributed by atoms with Crippen LogP contribution in [0.5, 0.6) is 0 Å². The highest BCUT2D eigenvalue weighted by Gasteiger charge is 2.33. The monoisotopic (exact) mass is 603 g/mol. The van der Waals surface area contributed by atoms with Crippen molar-refractivity contribution in [3.63, 3.8) is 0 Å². The standard InChI is InChI=1S/C31H45N3O9/c1-16-11-21-26(33-20(5)15-35)23(36)14-22(28(21)38)34-30(39)17(2)9-8-10-24(41-6)29(43-31(32)40)19(4)13-18(3)27(37)25(12-16)42-7/h8-10,13-14,16,18,20,24-25,27,29,33,35,37H,11-12,15H2,1-7H3,(H2,32,40)(H,34,39)/b10-8-,17-9-,19-13-/t16-,18+,20-,24+,25+,27-,29+/m1/s1. The van der Waals surface area contributed by atoms with Crippen molar-refractivity contribution < 1.29 is 43.6 Å². The predicted molar refractivity (Wildman–Crippen MR) is 159 cm³/mol. The summed E-state index contributed by atoms with van der Waals surface area (Å²) in [5.41, 5.74) is 6.19. The molecule has 6 N–H and O–H groups in total. The van der Waals surface area contributed by atoms with E-state index in [4.69, 9.17) is 19.9 Å². The molecule has 0 unspecified atom stereocenters. The van der Waals surface area contributed by atoms with Gasteiger partial charge in [-0.1, -0.05) is 38.2 Å². The maximum Gasteiger partial charge on any atom is 0.405 e. The van der Waals surface area contributed by atoms with Crippen LogP contribution in [0.1, 0.15) is 47.5 Å². The fourth-order valence-corrected chi connectivity index (χ4v) is 5.03. The summed E-state index contributed by atoms with van der Waals surface area (Å²) in [6, 6.07) is -0.504. The molecule has 0 aromatic heterocycles. The van der Waals surface area contributed by atoms with Crippen LogP contribution in [-0.4, -0.2) is 85.1 Å². The molecule has 1 aliphatic heterocycles. The first kappa shape index (κ1) is 35.6. The molecular formula is C31H45N3O9. The van der Waals surface area contributed by atoms with Gasteiger partial charge in [0.1, 0.15) is 6.10 Å². The average Bonchev–Trinajstić information content (AvgIpc) is 2.95. The van der Waals surface area contributed by atoms with E-state index in [1.54, 1.807) is 32.9 Å². The van der Waals surface area contributed by atoms with Gasteiger partial charge in [0, 0.05) is 43.4 Å². The molecular weight excluding hydrogens is 558 g/mol. The smallest absolute Gasteiger partial charge is 0.405 e. The summed E-state index contributed by atoms with van der Waals surface area (Å²) in [5.74, 6) is -2.35. The van der Waals surface area contributed by atoms with Crippen molar-refractivity contribution in [1.82, 2.24) is 10.6 Å². The van der Waals surface area contributed by atoms with Gasteiger partial charge in [-0.3, -0.25) is 14.4 Å². The molecule has 43 heavy (non-hydrogen) atoms. The van der Waals surface area contributed by atoms with E-state index in [0.717, 1.165) is 6.08 Å². The molecule has 2 bridgehead atoms. The van der Waals surface area contributed by atoms with E-state index >= 15 is 0 Å². The van der Waals surface area contributed by atoms with E-state index in [1.807, 2.05) is 6.92 Å². The normalized spacial score (nSPS) is 32.0. The second kappa shape index (κ2) is 16.3. The number of ether oxygens (including phenoxy) is 3. The van der Waals surface area contributed by atoms with Crippen molar-refractivity contribution in [2.75, 3.05) is 20.8 Å². The number of ketones is 2. The zero-order valence-corrected chi connectivity index (χ0v) is 25.9. The van der Waals surface area contributed by atoms with Gasteiger partial charge in [0.05, 0.1) is 30.2 Å². The first-order valence-corrected chi connectivity index (χ1v) is 14.2. The number of carbonyl (C=O) groups is 4. The van der Waals surface area contributed by atoms with E-state index in [-0.39, 0.29) is 41.5 Å². The number of fused-ring (bicyclic) bond motifs is 2. The third-order valence-electron chi connectivity index (χ3n) is 7.46. The number of rotatable bonds is 6. The van der Waals surface area contributed by atoms with Gasteiger partial charge in [-0.15, -0.1) is 0 Å². The first-order valence-electron chi connectivity index (χ1n) is 14.2. The van der Waals surface area contributed by atoms with Crippen LogP contribution in [0, 0.1) is 11.8 Å². The number of aliphatic hydroxyl groups is 2. The maximum atomic E-state index is 13.6. The number of allylic oxidation sites excluding steroid dienone is 4. The SMILES string of the molecule is CO[C@H]1/C=C\C=C(\C)C(=O)NC2=CC(=O)C(N[C@H](C)CO)=C(C[C@@H](C)C[C@H](OC)[C@H](O)[C@@H](C)/C=C(/C)[C@@H]1OC(N)=O)C2=O. The Hall–Kier alpha value is -3.58. The number of carbonyl (C=O) groups excluding carboxylic acids is 4. The van der Waals surface area contributed by atoms with E-state index < -0.39 is 59.9 Å². The van der Waals surface area contributed by atoms with E-state index in [0.29, 0.717) is 12.0 Å². The van der Waals surface area contributed by atoms with Gasteiger partial charge < -0.3 is 40.8 Å². The predicted octanol–water partition coefficient (Wildman–Crippen LogP) is 1.73. The number of hydrogen-bond donors (Lipinski definition) is 5. The Bertz CT molecular complexity index is 1220. The van der Waals surface area contributed by atoms with Crippen molar-refractivity contribution >= 4 is 23.6 Å². The van der Waals surface area contributed by atoms with Gasteiger partial charge in [-0.05, 0) is 45.1 Å². The molecule has 238 valence electrons. The summed E-state index contributed by atoms with van der Waals surface area (Å²) in [6.07, 6.45) is 3.49. The number of primary amides is 1. The number of nitrogens with two attached hydrogens (primary N) is 1. The lowest BCUT2D eigenvalue weighted by Crippen LogP contribution is -2.39. The zero-order chi connectivity index (χ0) is 32.4. The van der Waals surface area contributed by atoms with Crippen LogP contribution in [0.4, 0.5) is 4.79 Å². The second-order valence-corrected chi connectivity index (χ2v) is 11.2. The number of methoxy groups -OCH3 is 2. The van der Waals surface area contributed by atoms with Crippen LogP contribution in [0.15, 0.2) is 58.5 Å². The van der Waals surface area contributed by atoms with E-state index in [2.05, 4.69) is 10.6 Å². The third-order valence-corrected chi connectivity index (χ3v) is 7.46. The van der Waals surface area contributed by atoms with Crippen molar-refractivity contribution in [2.24, 2.45) is 17.6 Å². The van der Waals surface area contributed by atoms with Gasteiger partial charge in [0.2, 0.25) is 11.6 Å². The molecule has 0 saturated carbocycles. The molecule has 0 spiro atoms. The molecule has 0 saturated heterocycles. The molecule has 0 radical (unpaired) electrons. The molecule has 1 aliphatic carbocycles. The molecule has 2 aliphatic rings. The van der Waals surface area contributed by atoms with Crippen LogP contribution < -0.4 is 16.4 Å². The number of Topliss-reactive ketones (excluding diaryl/α,β-unsaturated/α-hetero) is 1. The molecule has 2 rings (SSSR count). The molecule has 12 nitrogen and oxygen atoms in total. The lowest BCUT2D eigenvalue weighted by Gasteiger charge is -2.30. The Morgan fingerprint density at radius 3 is 2.44 bits per heavy atom. The third kappa shape index (κ3) is 9.72. The number of nitrogens with one attached hydrogen (secondary N) is 2. The molecule has 0 fully saturated rings. The first-order chi connectivity index (χ1) is 20.2. The summed E-state index contributed by atoms with van der Waals surface area (Å²) >= 11 is 0. The van der Waals surface area contributed by atoms with Crippen molar-refractivity contribution in [3.8, 4) is 0 Å². The van der Waals surface area contributed by atoms with Gasteiger partial charge in [-0.2, -0.15) is 0 Å². The Morgan fingerprint density at radius 1 is 1.19 bits per heavy atom. The molecule has 1 heterocycles. The second-order valence-electron chi connectivity index (χ2n) is 11.2. The van der Waals surface area contributed by atoms with Gasteiger partial charge in [0.25, 0.3) is 5.91 Å². The van der Waals surface area contributed by atoms with Gasteiger partial charge in [-0.25, -0.2) is 4.79 Å².